The first-order valence-electron chi connectivity index (χ1n) is 7.80. The predicted molar refractivity (Wildman–Crippen MR) is 93.5 cm³/mol. The highest BCUT2D eigenvalue weighted by Gasteiger charge is 2.30. The normalized spacial score (nSPS) is 17.1. The molecule has 0 saturated heterocycles. The Balaban J connectivity index is 1.75. The average Bonchev–Trinajstić information content (AvgIpc) is 3.09. The summed E-state index contributed by atoms with van der Waals surface area (Å²) in [6, 6.07) is 26.8. The smallest absolute Gasteiger partial charge is 0.100 e. The molecule has 0 bridgehead atoms. The van der Waals surface area contributed by atoms with Crippen LogP contribution in [-0.2, 0) is 0 Å². The van der Waals surface area contributed by atoms with E-state index in [2.05, 4.69) is 52.5 Å². The van der Waals surface area contributed by atoms with Crippen molar-refractivity contribution in [1.82, 2.24) is 4.98 Å². The third-order valence-corrected chi connectivity index (χ3v) is 4.07. The van der Waals surface area contributed by atoms with Gasteiger partial charge in [0.15, 0.2) is 0 Å². The molecule has 1 aliphatic rings. The predicted octanol–water partition coefficient (Wildman–Crippen LogP) is 4.44. The van der Waals surface area contributed by atoms with Crippen molar-refractivity contribution in [2.45, 2.75) is 12.5 Å². The fraction of sp³-hybridized carbons (Fsp3) is 0.100. The summed E-state index contributed by atoms with van der Waals surface area (Å²) in [6.45, 7) is 0. The van der Waals surface area contributed by atoms with Crippen molar-refractivity contribution in [3.8, 4) is 0 Å². The molecule has 23 heavy (non-hydrogen) atoms. The quantitative estimate of drug-likeness (QED) is 0.715. The van der Waals surface area contributed by atoms with Crippen LogP contribution < -0.4 is 5.01 Å². The molecule has 4 rings (SSSR count). The maximum Gasteiger partial charge on any atom is 0.100 e. The lowest BCUT2D eigenvalue weighted by molar-refractivity contribution is 0.686. The van der Waals surface area contributed by atoms with Crippen molar-refractivity contribution in [2.24, 2.45) is 5.10 Å². The molecule has 3 aromatic rings. The van der Waals surface area contributed by atoms with Gasteiger partial charge in [-0.25, -0.2) is 0 Å². The van der Waals surface area contributed by atoms with Crippen molar-refractivity contribution in [1.29, 1.82) is 0 Å². The number of nitrogens with zero attached hydrogens (tertiary/aromatic N) is 3. The maximum absolute atomic E-state index is 4.90. The van der Waals surface area contributed by atoms with Gasteiger partial charge in [-0.3, -0.25) is 9.99 Å². The number of hydrazone groups is 1. The Kier molecular flexibility index (Phi) is 3.60. The molecule has 0 radical (unpaired) electrons. The summed E-state index contributed by atoms with van der Waals surface area (Å²) in [6.07, 6.45) is 2.70. The third kappa shape index (κ3) is 2.73. The van der Waals surface area contributed by atoms with E-state index in [1.807, 2.05) is 42.6 Å². The topological polar surface area (TPSA) is 28.5 Å². The standard InChI is InChI=1S/C20H17N3/c1-3-9-16(10-4-1)19-15-20(18-13-7-8-14-21-18)23(22-19)17-11-5-2-6-12-17/h1-14,20H,15H2. The molecule has 1 aliphatic heterocycles. The van der Waals surface area contributed by atoms with Gasteiger partial charge in [0.1, 0.15) is 6.04 Å². The van der Waals surface area contributed by atoms with Crippen molar-refractivity contribution >= 4 is 11.4 Å². The fourth-order valence-electron chi connectivity index (χ4n) is 2.94. The molecule has 0 saturated carbocycles. The van der Waals surface area contributed by atoms with Crippen molar-refractivity contribution in [3.63, 3.8) is 0 Å². The molecule has 2 aromatic carbocycles. The summed E-state index contributed by atoms with van der Waals surface area (Å²) in [5.41, 5.74) is 4.41. The molecule has 1 unspecified atom stereocenters. The number of rotatable bonds is 3. The first-order valence-corrected chi connectivity index (χ1v) is 7.80. The van der Waals surface area contributed by atoms with Crippen LogP contribution in [0.15, 0.2) is 90.2 Å². The Morgan fingerprint density at radius 2 is 1.48 bits per heavy atom. The number of hydrogen-bond donors (Lipinski definition) is 0. The van der Waals surface area contributed by atoms with Gasteiger partial charge in [-0.15, -0.1) is 0 Å². The molecule has 0 N–H and O–H groups in total. The molecular weight excluding hydrogens is 282 g/mol. The van der Waals surface area contributed by atoms with Gasteiger partial charge in [-0.05, 0) is 29.8 Å². The Hall–Kier alpha value is -2.94. The summed E-state index contributed by atoms with van der Waals surface area (Å²) in [5.74, 6) is 0. The fourth-order valence-corrected chi connectivity index (χ4v) is 2.94. The van der Waals surface area contributed by atoms with Crippen LogP contribution in [0, 0.1) is 0 Å². The third-order valence-electron chi connectivity index (χ3n) is 4.07. The Morgan fingerprint density at radius 3 is 2.17 bits per heavy atom. The minimum atomic E-state index is 0.133. The monoisotopic (exact) mass is 299 g/mol. The van der Waals surface area contributed by atoms with Crippen LogP contribution in [0.1, 0.15) is 23.7 Å². The van der Waals surface area contributed by atoms with E-state index < -0.39 is 0 Å². The number of benzene rings is 2. The summed E-state index contributed by atoms with van der Waals surface area (Å²) in [5, 5.41) is 6.98. The van der Waals surface area contributed by atoms with E-state index in [1.165, 1.54) is 5.56 Å². The lowest BCUT2D eigenvalue weighted by atomic mass is 10.0. The molecule has 3 heteroatoms. The van der Waals surface area contributed by atoms with E-state index in [-0.39, 0.29) is 6.04 Å². The molecule has 0 fully saturated rings. The second-order valence-corrected chi connectivity index (χ2v) is 5.57. The minimum Gasteiger partial charge on any atom is -0.259 e. The van der Waals surface area contributed by atoms with Gasteiger partial charge in [0.2, 0.25) is 0 Å². The molecule has 0 spiro atoms. The van der Waals surface area contributed by atoms with Crippen molar-refractivity contribution < 1.29 is 0 Å². The number of anilines is 1. The largest absolute Gasteiger partial charge is 0.259 e. The molecule has 112 valence electrons. The number of aromatic nitrogens is 1. The molecule has 0 aliphatic carbocycles. The summed E-state index contributed by atoms with van der Waals surface area (Å²) >= 11 is 0. The maximum atomic E-state index is 4.90. The molecule has 1 aromatic heterocycles. The van der Waals surface area contributed by atoms with Gasteiger partial charge in [0, 0.05) is 12.6 Å². The SMILES string of the molecule is c1ccc(C2=NN(c3ccccc3)C(c3ccccn3)C2)cc1. The lowest BCUT2D eigenvalue weighted by Gasteiger charge is -2.22. The van der Waals surface area contributed by atoms with E-state index in [4.69, 9.17) is 5.10 Å². The van der Waals surface area contributed by atoms with Crippen LogP contribution in [-0.4, -0.2) is 10.7 Å². The summed E-state index contributed by atoms with van der Waals surface area (Å²) < 4.78 is 0. The van der Waals surface area contributed by atoms with Crippen LogP contribution in [0.2, 0.25) is 0 Å². The molecule has 3 nitrogen and oxygen atoms in total. The number of pyridine rings is 1. The zero-order chi connectivity index (χ0) is 15.5. The van der Waals surface area contributed by atoms with E-state index in [1.54, 1.807) is 0 Å². The molecular formula is C20H17N3. The average molecular weight is 299 g/mol. The Bertz CT molecular complexity index is 798. The van der Waals surface area contributed by atoms with Crippen LogP contribution in [0.3, 0.4) is 0 Å². The summed E-state index contributed by atoms with van der Waals surface area (Å²) in [4.78, 5) is 4.55. The summed E-state index contributed by atoms with van der Waals surface area (Å²) in [7, 11) is 0. The Labute approximate surface area is 135 Å². The van der Waals surface area contributed by atoms with Crippen LogP contribution >= 0.6 is 0 Å². The first-order chi connectivity index (χ1) is 11.4. The second kappa shape index (κ2) is 6.05. The van der Waals surface area contributed by atoms with Crippen molar-refractivity contribution in [2.75, 3.05) is 5.01 Å². The van der Waals surface area contributed by atoms with E-state index in [9.17, 15) is 0 Å². The van der Waals surface area contributed by atoms with Gasteiger partial charge in [-0.2, -0.15) is 5.10 Å². The molecule has 1 atom stereocenters. The van der Waals surface area contributed by atoms with E-state index in [0.717, 1.165) is 23.5 Å². The lowest BCUT2D eigenvalue weighted by Crippen LogP contribution is -2.19. The minimum absolute atomic E-state index is 0.133. The van der Waals surface area contributed by atoms with Crippen LogP contribution in [0.4, 0.5) is 5.69 Å². The van der Waals surface area contributed by atoms with Gasteiger partial charge in [0.25, 0.3) is 0 Å². The van der Waals surface area contributed by atoms with Gasteiger partial charge in [0.05, 0.1) is 17.1 Å². The second-order valence-electron chi connectivity index (χ2n) is 5.57. The van der Waals surface area contributed by atoms with Crippen LogP contribution in [0.25, 0.3) is 0 Å². The van der Waals surface area contributed by atoms with E-state index in [0.29, 0.717) is 0 Å². The van der Waals surface area contributed by atoms with E-state index >= 15 is 0 Å². The highest BCUT2D eigenvalue weighted by Crippen LogP contribution is 2.35. The van der Waals surface area contributed by atoms with Gasteiger partial charge < -0.3 is 0 Å². The van der Waals surface area contributed by atoms with Crippen molar-refractivity contribution in [3.05, 3.63) is 96.3 Å². The zero-order valence-corrected chi connectivity index (χ0v) is 12.7. The Morgan fingerprint density at radius 1 is 0.783 bits per heavy atom. The van der Waals surface area contributed by atoms with Crippen LogP contribution in [0.5, 0.6) is 0 Å². The highest BCUT2D eigenvalue weighted by atomic mass is 15.5. The van der Waals surface area contributed by atoms with Gasteiger partial charge >= 0.3 is 0 Å². The first kappa shape index (κ1) is 13.7. The molecule has 2 heterocycles. The number of para-hydroxylation sites is 1. The molecule has 0 amide bonds. The van der Waals surface area contributed by atoms with Gasteiger partial charge in [-0.1, -0.05) is 54.6 Å². The number of hydrogen-bond acceptors (Lipinski definition) is 3. The zero-order valence-electron chi connectivity index (χ0n) is 12.7. The highest BCUT2D eigenvalue weighted by molar-refractivity contribution is 6.03.